The molecule has 0 bridgehead atoms. The zero-order valence-electron chi connectivity index (χ0n) is 21.5. The van der Waals surface area contributed by atoms with Crippen LogP contribution in [-0.2, 0) is 16.6 Å². The Hall–Kier alpha value is -4.43. The van der Waals surface area contributed by atoms with Gasteiger partial charge in [0.2, 0.25) is 0 Å². The lowest BCUT2D eigenvalue weighted by Crippen LogP contribution is -2.33. The molecule has 0 saturated heterocycles. The monoisotopic (exact) mass is 527 g/mol. The largest absolute Gasteiger partial charge is 0.497 e. The molecule has 0 aliphatic rings. The van der Waals surface area contributed by atoms with Crippen molar-refractivity contribution < 1.29 is 17.9 Å². The van der Waals surface area contributed by atoms with E-state index in [4.69, 9.17) is 4.74 Å². The van der Waals surface area contributed by atoms with Gasteiger partial charge in [-0.1, -0.05) is 60.2 Å². The number of hydrogen-bond acceptors (Lipinski definition) is 5. The van der Waals surface area contributed by atoms with Crippen molar-refractivity contribution in [2.24, 2.45) is 5.10 Å². The van der Waals surface area contributed by atoms with Gasteiger partial charge < -0.3 is 4.74 Å². The lowest BCUT2D eigenvalue weighted by atomic mass is 10.1. The third-order valence-electron chi connectivity index (χ3n) is 6.03. The quantitative estimate of drug-likeness (QED) is 0.228. The Morgan fingerprint density at radius 2 is 1.50 bits per heavy atom. The maximum atomic E-state index is 13.9. The number of carbonyl (C=O) groups excluding carboxylic acids is 1. The van der Waals surface area contributed by atoms with Gasteiger partial charge in [-0.05, 0) is 73.5 Å². The highest BCUT2D eigenvalue weighted by Crippen LogP contribution is 2.29. The number of methoxy groups -OCH3 is 1. The summed E-state index contributed by atoms with van der Waals surface area (Å²) >= 11 is 0. The topological polar surface area (TPSA) is 88.1 Å². The molecule has 0 atom stereocenters. The highest BCUT2D eigenvalue weighted by Gasteiger charge is 2.28. The van der Waals surface area contributed by atoms with E-state index in [-0.39, 0.29) is 22.7 Å². The van der Waals surface area contributed by atoms with Gasteiger partial charge in [0.1, 0.15) is 5.75 Å². The minimum atomic E-state index is -4.00. The number of rotatable bonds is 9. The van der Waals surface area contributed by atoms with Crippen molar-refractivity contribution in [1.29, 1.82) is 0 Å². The van der Waals surface area contributed by atoms with Gasteiger partial charge in [0.05, 0.1) is 35.5 Å². The van der Waals surface area contributed by atoms with E-state index in [1.54, 1.807) is 62.6 Å². The molecule has 0 aliphatic carbocycles. The molecule has 1 amide bonds. The first-order valence-electron chi connectivity index (χ1n) is 12.0. The summed E-state index contributed by atoms with van der Waals surface area (Å²) in [4.78, 5) is 13.4. The number of ether oxygens (including phenoxy) is 1. The Morgan fingerprint density at radius 1 is 0.868 bits per heavy atom. The third kappa shape index (κ3) is 6.10. The molecule has 7 nitrogen and oxygen atoms in total. The zero-order valence-corrected chi connectivity index (χ0v) is 22.3. The van der Waals surface area contributed by atoms with Gasteiger partial charge in [-0.2, -0.15) is 5.10 Å². The molecule has 0 aliphatic heterocycles. The molecule has 4 rings (SSSR count). The molecule has 0 aromatic heterocycles. The van der Waals surface area contributed by atoms with Crippen LogP contribution in [0.3, 0.4) is 0 Å². The number of para-hydroxylation sites is 1. The van der Waals surface area contributed by atoms with Crippen molar-refractivity contribution in [2.75, 3.05) is 11.4 Å². The van der Waals surface area contributed by atoms with Crippen LogP contribution in [0, 0.1) is 6.92 Å². The van der Waals surface area contributed by atoms with Crippen LogP contribution in [0.1, 0.15) is 34.0 Å². The van der Waals surface area contributed by atoms with Crippen LogP contribution in [0.5, 0.6) is 5.75 Å². The van der Waals surface area contributed by atoms with Crippen molar-refractivity contribution >= 4 is 27.3 Å². The summed E-state index contributed by atoms with van der Waals surface area (Å²) < 4.78 is 34.2. The maximum absolute atomic E-state index is 13.9. The van der Waals surface area contributed by atoms with E-state index in [0.717, 1.165) is 16.7 Å². The normalized spacial score (nSPS) is 11.6. The molecule has 194 valence electrons. The minimum absolute atomic E-state index is 0.0511. The average Bonchev–Trinajstić information content (AvgIpc) is 2.95. The van der Waals surface area contributed by atoms with E-state index >= 15 is 0 Å². The number of hydrogen-bond donors (Lipinski definition) is 1. The first-order chi connectivity index (χ1) is 18.3. The molecule has 0 heterocycles. The van der Waals surface area contributed by atoms with E-state index in [9.17, 15) is 13.2 Å². The summed E-state index contributed by atoms with van der Waals surface area (Å²) in [6, 6.07) is 29.8. The summed E-state index contributed by atoms with van der Waals surface area (Å²) in [7, 11) is -2.41. The van der Waals surface area contributed by atoms with Gasteiger partial charge in [-0.3, -0.25) is 9.10 Å². The van der Waals surface area contributed by atoms with Gasteiger partial charge >= 0.3 is 0 Å². The van der Waals surface area contributed by atoms with Gasteiger partial charge in [0, 0.05) is 0 Å². The molecule has 0 radical (unpaired) electrons. The van der Waals surface area contributed by atoms with E-state index in [1.807, 2.05) is 61.5 Å². The molecule has 4 aromatic rings. The molecule has 0 fully saturated rings. The smallest absolute Gasteiger partial charge is 0.273 e. The fraction of sp³-hybridized carbons (Fsp3) is 0.133. The Morgan fingerprint density at radius 3 is 2.16 bits per heavy atom. The highest BCUT2D eigenvalue weighted by atomic mass is 32.2. The number of hydrazone groups is 1. The second kappa shape index (κ2) is 11.7. The number of benzene rings is 4. The van der Waals surface area contributed by atoms with Crippen molar-refractivity contribution in [2.45, 2.75) is 25.3 Å². The fourth-order valence-electron chi connectivity index (χ4n) is 3.86. The Kier molecular flexibility index (Phi) is 8.23. The van der Waals surface area contributed by atoms with Crippen LogP contribution in [0.15, 0.2) is 113 Å². The van der Waals surface area contributed by atoms with Gasteiger partial charge in [0.25, 0.3) is 15.9 Å². The summed E-state index contributed by atoms with van der Waals surface area (Å²) in [5, 5.41) is 4.25. The highest BCUT2D eigenvalue weighted by molar-refractivity contribution is 7.92. The number of nitrogens with one attached hydrogen (secondary N) is 1. The third-order valence-corrected chi connectivity index (χ3v) is 7.80. The predicted molar refractivity (Wildman–Crippen MR) is 150 cm³/mol. The summed E-state index contributed by atoms with van der Waals surface area (Å²) in [6.45, 7) is 3.72. The Balaban J connectivity index is 1.70. The van der Waals surface area contributed by atoms with Crippen LogP contribution in [0.2, 0.25) is 0 Å². The van der Waals surface area contributed by atoms with Crippen LogP contribution in [-0.4, -0.2) is 27.1 Å². The predicted octanol–water partition coefficient (Wildman–Crippen LogP) is 5.55. The van der Waals surface area contributed by atoms with E-state index in [1.165, 1.54) is 4.31 Å². The van der Waals surface area contributed by atoms with Gasteiger partial charge in [0.15, 0.2) is 0 Å². The summed E-state index contributed by atoms with van der Waals surface area (Å²) in [5.74, 6) is 0.193. The number of amides is 1. The van der Waals surface area contributed by atoms with Crippen molar-refractivity contribution in [3.63, 3.8) is 0 Å². The Bertz CT molecular complexity index is 1530. The number of carbonyl (C=O) groups is 1. The second-order valence-electron chi connectivity index (χ2n) is 8.69. The van der Waals surface area contributed by atoms with E-state index < -0.39 is 15.9 Å². The lowest BCUT2D eigenvalue weighted by molar-refractivity contribution is 0.0955. The molecule has 0 spiro atoms. The maximum Gasteiger partial charge on any atom is 0.273 e. The fourth-order valence-corrected chi connectivity index (χ4v) is 5.33. The van der Waals surface area contributed by atoms with E-state index in [2.05, 4.69) is 10.5 Å². The summed E-state index contributed by atoms with van der Waals surface area (Å²) in [6.07, 6.45) is 0. The SMILES string of the molecule is COc1ccc(/C(C)=N\NC(=O)c2ccccc2N(Cc2ccccc2)S(=O)(=O)c2ccc(C)cc2)cc1. The number of aryl methyl sites for hydroxylation is 1. The molecular weight excluding hydrogens is 498 g/mol. The van der Waals surface area contributed by atoms with Crippen LogP contribution in [0.4, 0.5) is 5.69 Å². The zero-order chi connectivity index (χ0) is 27.1. The molecule has 0 saturated carbocycles. The number of nitrogens with zero attached hydrogens (tertiary/aromatic N) is 2. The molecule has 0 unspecified atom stereocenters. The second-order valence-corrected chi connectivity index (χ2v) is 10.6. The molecule has 1 N–H and O–H groups in total. The number of anilines is 1. The first-order valence-corrected chi connectivity index (χ1v) is 13.4. The first kappa shape index (κ1) is 26.6. The van der Waals surface area contributed by atoms with Crippen molar-refractivity contribution in [1.82, 2.24) is 5.43 Å². The average molecular weight is 528 g/mol. The van der Waals surface area contributed by atoms with Crippen LogP contribution < -0.4 is 14.5 Å². The van der Waals surface area contributed by atoms with Gasteiger partial charge in [-0.25, -0.2) is 13.8 Å². The van der Waals surface area contributed by atoms with Crippen LogP contribution in [0.25, 0.3) is 0 Å². The molecule has 4 aromatic carbocycles. The van der Waals surface area contributed by atoms with Gasteiger partial charge in [-0.15, -0.1) is 0 Å². The van der Waals surface area contributed by atoms with Crippen LogP contribution >= 0.6 is 0 Å². The van der Waals surface area contributed by atoms with Crippen molar-refractivity contribution in [3.05, 3.63) is 125 Å². The minimum Gasteiger partial charge on any atom is -0.497 e. The van der Waals surface area contributed by atoms with Crippen molar-refractivity contribution in [3.8, 4) is 5.75 Å². The Labute approximate surface area is 223 Å². The number of sulfonamides is 1. The lowest BCUT2D eigenvalue weighted by Gasteiger charge is -2.26. The molecule has 38 heavy (non-hydrogen) atoms. The van der Waals surface area contributed by atoms with E-state index in [0.29, 0.717) is 11.5 Å². The molecule has 8 heteroatoms. The molecular formula is C30H29N3O4S. The standard InChI is InChI=1S/C30H29N3O4S/c1-22-13-19-27(20-14-22)38(35,36)33(21-24-9-5-4-6-10-24)29-12-8-7-11-28(29)30(34)32-31-23(2)25-15-17-26(37-3)18-16-25/h4-20H,21H2,1-3H3,(H,32,34)/b31-23-. The summed E-state index contributed by atoms with van der Waals surface area (Å²) in [5.41, 5.74) is 6.16.